The van der Waals surface area contributed by atoms with Gasteiger partial charge in [0.15, 0.2) is 11.6 Å². The van der Waals surface area contributed by atoms with Gasteiger partial charge in [-0.25, -0.2) is 13.2 Å². The van der Waals surface area contributed by atoms with Gasteiger partial charge in [0.2, 0.25) is 0 Å². The van der Waals surface area contributed by atoms with E-state index >= 15 is 4.39 Å². The first-order chi connectivity index (χ1) is 17.0. The normalized spacial score (nSPS) is 18.1. The van der Waals surface area contributed by atoms with Crippen LogP contribution in [0.15, 0.2) is 54.6 Å². The molecule has 3 heteroatoms. The number of hydrogen-bond donors (Lipinski definition) is 0. The highest BCUT2D eigenvalue weighted by Gasteiger charge is 2.22. The summed E-state index contributed by atoms with van der Waals surface area (Å²) >= 11 is 0. The summed E-state index contributed by atoms with van der Waals surface area (Å²) in [6.07, 6.45) is 11.7. The zero-order chi connectivity index (χ0) is 24.8. The molecule has 0 atom stereocenters. The highest BCUT2D eigenvalue weighted by atomic mass is 19.2. The fourth-order valence-corrected chi connectivity index (χ4v) is 5.59. The summed E-state index contributed by atoms with van der Waals surface area (Å²) in [6, 6.07) is 16.0. The average Bonchev–Trinajstić information content (AvgIpc) is 2.88. The van der Waals surface area contributed by atoms with Crippen LogP contribution in [0.4, 0.5) is 13.2 Å². The van der Waals surface area contributed by atoms with Crippen molar-refractivity contribution in [1.29, 1.82) is 0 Å². The van der Waals surface area contributed by atoms with E-state index < -0.39 is 17.5 Å². The second-order valence-corrected chi connectivity index (χ2v) is 10.2. The molecule has 0 aromatic heterocycles. The van der Waals surface area contributed by atoms with Crippen LogP contribution in [0.2, 0.25) is 0 Å². The summed E-state index contributed by atoms with van der Waals surface area (Å²) in [6.45, 7) is 4.18. The Kier molecular flexibility index (Phi) is 8.70. The molecule has 0 N–H and O–H groups in total. The van der Waals surface area contributed by atoms with Gasteiger partial charge < -0.3 is 0 Å². The lowest BCUT2D eigenvalue weighted by molar-refractivity contribution is 0.303. The van der Waals surface area contributed by atoms with Crippen LogP contribution in [0.25, 0.3) is 22.3 Å². The number of halogens is 3. The molecule has 1 aliphatic carbocycles. The molecule has 0 aliphatic heterocycles. The van der Waals surface area contributed by atoms with Crippen LogP contribution in [-0.2, 0) is 6.42 Å². The van der Waals surface area contributed by atoms with Gasteiger partial charge in [-0.15, -0.1) is 0 Å². The molecule has 186 valence electrons. The Labute approximate surface area is 208 Å². The Morgan fingerprint density at radius 2 is 1.37 bits per heavy atom. The van der Waals surface area contributed by atoms with E-state index in [-0.39, 0.29) is 5.56 Å². The van der Waals surface area contributed by atoms with Gasteiger partial charge in [0.1, 0.15) is 5.82 Å². The van der Waals surface area contributed by atoms with Crippen molar-refractivity contribution < 1.29 is 13.2 Å². The third-order valence-corrected chi connectivity index (χ3v) is 7.72. The van der Waals surface area contributed by atoms with Crippen LogP contribution in [0.3, 0.4) is 0 Å². The second-order valence-electron chi connectivity index (χ2n) is 10.2. The first-order valence-electron chi connectivity index (χ1n) is 13.4. The third kappa shape index (κ3) is 6.00. The van der Waals surface area contributed by atoms with Crippen LogP contribution in [0, 0.1) is 23.4 Å². The second kappa shape index (κ2) is 11.9. The number of benzene rings is 3. The Hall–Kier alpha value is -2.55. The molecule has 4 rings (SSSR count). The molecular weight excluding hydrogens is 441 g/mol. The van der Waals surface area contributed by atoms with E-state index in [4.69, 9.17) is 0 Å². The van der Waals surface area contributed by atoms with Gasteiger partial charge in [-0.05, 0) is 72.3 Å². The topological polar surface area (TPSA) is 0 Å². The summed E-state index contributed by atoms with van der Waals surface area (Å²) in [5.74, 6) is -0.703. The Bertz CT molecular complexity index is 1110. The average molecular weight is 479 g/mol. The van der Waals surface area contributed by atoms with E-state index in [1.165, 1.54) is 63.0 Å². The lowest BCUT2D eigenvalue weighted by Gasteiger charge is -2.29. The zero-order valence-corrected chi connectivity index (χ0v) is 21.1. The third-order valence-electron chi connectivity index (χ3n) is 7.72. The van der Waals surface area contributed by atoms with Gasteiger partial charge in [0, 0.05) is 11.1 Å². The minimum Gasteiger partial charge on any atom is -0.206 e. The standard InChI is InChI=1S/C32H37F3/c1-3-5-6-8-22-9-11-23(12-10-22)24-13-15-25(16-14-24)28-19-18-27(21-30(28)33)29-20-17-26(7-4-2)31(34)32(29)35/h13-23H,3-12H2,1-2H3. The molecule has 0 bridgehead atoms. The largest absolute Gasteiger partial charge is 0.206 e. The fraction of sp³-hybridized carbons (Fsp3) is 0.438. The predicted molar refractivity (Wildman–Crippen MR) is 140 cm³/mol. The van der Waals surface area contributed by atoms with Crippen molar-refractivity contribution in [3.63, 3.8) is 0 Å². The summed E-state index contributed by atoms with van der Waals surface area (Å²) < 4.78 is 44.1. The lowest BCUT2D eigenvalue weighted by Crippen LogP contribution is -2.13. The highest BCUT2D eigenvalue weighted by Crippen LogP contribution is 2.39. The van der Waals surface area contributed by atoms with E-state index in [0.29, 0.717) is 29.0 Å². The predicted octanol–water partition coefficient (Wildman–Crippen LogP) is 10.2. The fourth-order valence-electron chi connectivity index (χ4n) is 5.59. The molecule has 1 aliphatic rings. The van der Waals surface area contributed by atoms with Gasteiger partial charge in [0.05, 0.1) is 0 Å². The van der Waals surface area contributed by atoms with Crippen molar-refractivity contribution >= 4 is 0 Å². The molecule has 1 fully saturated rings. The maximum Gasteiger partial charge on any atom is 0.166 e. The van der Waals surface area contributed by atoms with Gasteiger partial charge in [-0.3, -0.25) is 0 Å². The first-order valence-corrected chi connectivity index (χ1v) is 13.4. The van der Waals surface area contributed by atoms with E-state index in [0.717, 1.165) is 17.9 Å². The minimum absolute atomic E-state index is 0.0912. The van der Waals surface area contributed by atoms with Crippen molar-refractivity contribution in [2.45, 2.75) is 84.0 Å². The molecule has 35 heavy (non-hydrogen) atoms. The molecular formula is C32H37F3. The summed E-state index contributed by atoms with van der Waals surface area (Å²) in [7, 11) is 0. The molecule has 1 saturated carbocycles. The Morgan fingerprint density at radius 1 is 0.686 bits per heavy atom. The van der Waals surface area contributed by atoms with Crippen molar-refractivity contribution in [2.24, 2.45) is 5.92 Å². The first kappa shape index (κ1) is 25.5. The monoisotopic (exact) mass is 478 g/mol. The lowest BCUT2D eigenvalue weighted by atomic mass is 9.77. The highest BCUT2D eigenvalue weighted by molar-refractivity contribution is 5.71. The van der Waals surface area contributed by atoms with Gasteiger partial charge in [-0.1, -0.05) is 94.5 Å². The quantitative estimate of drug-likeness (QED) is 0.268. The molecule has 0 amide bonds. The molecule has 0 spiro atoms. The van der Waals surface area contributed by atoms with Crippen molar-refractivity contribution in [3.8, 4) is 22.3 Å². The van der Waals surface area contributed by atoms with E-state index in [1.807, 2.05) is 19.1 Å². The molecule has 3 aromatic carbocycles. The molecule has 0 nitrogen and oxygen atoms in total. The Morgan fingerprint density at radius 3 is 2.03 bits per heavy atom. The van der Waals surface area contributed by atoms with Gasteiger partial charge >= 0.3 is 0 Å². The summed E-state index contributed by atoms with van der Waals surface area (Å²) in [5, 5.41) is 0. The molecule has 0 radical (unpaired) electrons. The van der Waals surface area contributed by atoms with Crippen LogP contribution in [0.5, 0.6) is 0 Å². The van der Waals surface area contributed by atoms with Crippen LogP contribution in [0.1, 0.15) is 88.7 Å². The zero-order valence-electron chi connectivity index (χ0n) is 21.1. The molecule has 0 saturated heterocycles. The summed E-state index contributed by atoms with van der Waals surface area (Å²) in [5.41, 5.74) is 3.41. The number of hydrogen-bond acceptors (Lipinski definition) is 0. The maximum atomic E-state index is 15.1. The maximum absolute atomic E-state index is 15.1. The van der Waals surface area contributed by atoms with Gasteiger partial charge in [0.25, 0.3) is 0 Å². The van der Waals surface area contributed by atoms with E-state index in [2.05, 4.69) is 19.1 Å². The van der Waals surface area contributed by atoms with Crippen LogP contribution < -0.4 is 0 Å². The van der Waals surface area contributed by atoms with Crippen molar-refractivity contribution in [3.05, 3.63) is 83.2 Å². The number of rotatable bonds is 9. The molecule has 0 heterocycles. The SMILES string of the molecule is CCCCCC1CCC(c2ccc(-c3ccc(-c4ccc(CCC)c(F)c4F)cc3F)cc2)CC1. The van der Waals surface area contributed by atoms with Gasteiger partial charge in [-0.2, -0.15) is 0 Å². The van der Waals surface area contributed by atoms with Crippen LogP contribution >= 0.6 is 0 Å². The van der Waals surface area contributed by atoms with Crippen molar-refractivity contribution in [2.75, 3.05) is 0 Å². The van der Waals surface area contributed by atoms with Crippen molar-refractivity contribution in [1.82, 2.24) is 0 Å². The van der Waals surface area contributed by atoms with E-state index in [9.17, 15) is 8.78 Å². The number of aryl methyl sites for hydroxylation is 1. The van der Waals surface area contributed by atoms with E-state index in [1.54, 1.807) is 24.3 Å². The summed E-state index contributed by atoms with van der Waals surface area (Å²) in [4.78, 5) is 0. The number of unbranched alkanes of at least 4 members (excludes halogenated alkanes) is 2. The molecule has 3 aromatic rings. The smallest absolute Gasteiger partial charge is 0.166 e. The van der Waals surface area contributed by atoms with Crippen LogP contribution in [-0.4, -0.2) is 0 Å². The Balaban J connectivity index is 1.45. The minimum atomic E-state index is -0.910. The molecule has 0 unspecified atom stereocenters.